The molecule has 9 nitrogen and oxygen atoms in total. The summed E-state index contributed by atoms with van der Waals surface area (Å²) >= 11 is 0. The predicted octanol–water partition coefficient (Wildman–Crippen LogP) is 3.22. The van der Waals surface area contributed by atoms with E-state index in [1.54, 1.807) is 13.1 Å². The Morgan fingerprint density at radius 3 is 2.73 bits per heavy atom. The third-order valence-electron chi connectivity index (χ3n) is 6.41. The number of fused-ring (bicyclic) bond motifs is 1. The van der Waals surface area contributed by atoms with E-state index in [0.29, 0.717) is 19.2 Å². The molecule has 3 aromatic heterocycles. The zero-order valence-corrected chi connectivity index (χ0v) is 18.4. The van der Waals surface area contributed by atoms with Crippen molar-refractivity contribution < 1.29 is 23.4 Å². The van der Waals surface area contributed by atoms with Gasteiger partial charge in [0.2, 0.25) is 5.95 Å². The zero-order chi connectivity index (χ0) is 22.9. The average Bonchev–Trinajstić information content (AvgIpc) is 3.36. The van der Waals surface area contributed by atoms with Crippen LogP contribution in [0, 0.1) is 0 Å². The Labute approximate surface area is 189 Å². The molecule has 178 valence electrons. The van der Waals surface area contributed by atoms with Crippen LogP contribution in [0.4, 0.5) is 14.7 Å². The maximum Gasteiger partial charge on any atom is 0.345 e. The molecule has 0 radical (unpaired) electrons. The summed E-state index contributed by atoms with van der Waals surface area (Å²) in [4.78, 5) is 4.43. The lowest BCUT2D eigenvalue weighted by Gasteiger charge is -2.25. The molecule has 0 spiro atoms. The Morgan fingerprint density at radius 1 is 1.24 bits per heavy atom. The molecule has 2 fully saturated rings. The molecular weight excluding hydrogens is 434 g/mol. The molecule has 0 bridgehead atoms. The van der Waals surface area contributed by atoms with Crippen LogP contribution in [0.25, 0.3) is 16.6 Å². The van der Waals surface area contributed by atoms with Gasteiger partial charge in [0.25, 0.3) is 0 Å². The van der Waals surface area contributed by atoms with Gasteiger partial charge in [0.1, 0.15) is 0 Å². The summed E-state index contributed by atoms with van der Waals surface area (Å²) in [6, 6.07) is 2.01. The van der Waals surface area contributed by atoms with Crippen LogP contribution in [0.2, 0.25) is 0 Å². The Morgan fingerprint density at radius 2 is 2.03 bits per heavy atom. The predicted molar refractivity (Wildman–Crippen MR) is 116 cm³/mol. The molecule has 4 heterocycles. The molecular formula is C22H28F2N6O3. The lowest BCUT2D eigenvalue weighted by Crippen LogP contribution is -2.30. The van der Waals surface area contributed by atoms with Crippen molar-refractivity contribution in [2.45, 2.75) is 63.3 Å². The van der Waals surface area contributed by atoms with Gasteiger partial charge in [0.05, 0.1) is 49.9 Å². The Hall–Kier alpha value is -2.63. The summed E-state index contributed by atoms with van der Waals surface area (Å²) in [6.07, 6.45) is 8.61. The van der Waals surface area contributed by atoms with Gasteiger partial charge in [-0.3, -0.25) is 4.68 Å². The summed E-state index contributed by atoms with van der Waals surface area (Å²) in [5.74, 6) is 0.599. The van der Waals surface area contributed by atoms with Gasteiger partial charge in [-0.05, 0) is 38.7 Å². The standard InChI is InChI=1S/C22H28F2N6O3/c1-13(10-33-21(23)24)27-22-25-8-20-18(15-7-26-29(9-15)16-11-32-12-16)6-19(30(20)28-22)14-2-4-17(31)5-3-14/h6-9,13-14,16-17,21,31H,2-5,10-12H2,1H3,(H,27,28)/t13-,14-,17-/m0/s1. The first-order valence-electron chi connectivity index (χ1n) is 11.3. The monoisotopic (exact) mass is 462 g/mol. The normalized spacial score (nSPS) is 22.6. The lowest BCUT2D eigenvalue weighted by atomic mass is 9.85. The van der Waals surface area contributed by atoms with Crippen LogP contribution in [0.5, 0.6) is 0 Å². The number of anilines is 1. The van der Waals surface area contributed by atoms with E-state index < -0.39 is 6.61 Å². The van der Waals surface area contributed by atoms with Crippen LogP contribution < -0.4 is 5.32 Å². The topological polar surface area (TPSA) is 98.7 Å². The zero-order valence-electron chi connectivity index (χ0n) is 18.4. The molecule has 3 aromatic rings. The highest BCUT2D eigenvalue weighted by atomic mass is 19.3. The number of ether oxygens (including phenoxy) is 2. The Balaban J connectivity index is 1.47. The number of halogens is 2. The minimum atomic E-state index is -2.81. The van der Waals surface area contributed by atoms with Crippen molar-refractivity contribution in [2.24, 2.45) is 0 Å². The minimum absolute atomic E-state index is 0.159. The van der Waals surface area contributed by atoms with Gasteiger partial charge in [0.15, 0.2) is 0 Å². The van der Waals surface area contributed by atoms with E-state index in [1.807, 2.05) is 21.6 Å². The Bertz CT molecular complexity index is 1090. The molecule has 1 atom stereocenters. The average molecular weight is 463 g/mol. The number of alkyl halides is 2. The molecule has 0 amide bonds. The van der Waals surface area contributed by atoms with Crippen LogP contribution in [-0.2, 0) is 9.47 Å². The molecule has 1 saturated heterocycles. The fraction of sp³-hybridized carbons (Fsp3) is 0.591. The summed E-state index contributed by atoms with van der Waals surface area (Å²) in [5, 5.41) is 22.2. The molecule has 0 aromatic carbocycles. The maximum atomic E-state index is 12.4. The number of aliphatic hydroxyl groups is 1. The quantitative estimate of drug-likeness (QED) is 0.530. The van der Waals surface area contributed by atoms with Gasteiger partial charge < -0.3 is 19.9 Å². The lowest BCUT2D eigenvalue weighted by molar-refractivity contribution is -0.130. The summed E-state index contributed by atoms with van der Waals surface area (Å²) in [5.41, 5.74) is 3.86. The highest BCUT2D eigenvalue weighted by Gasteiger charge is 2.27. The molecule has 1 aliphatic carbocycles. The molecule has 11 heteroatoms. The number of hydrogen-bond donors (Lipinski definition) is 2. The van der Waals surface area contributed by atoms with Gasteiger partial charge in [-0.15, -0.1) is 5.10 Å². The van der Waals surface area contributed by atoms with E-state index >= 15 is 0 Å². The van der Waals surface area contributed by atoms with Gasteiger partial charge >= 0.3 is 6.61 Å². The fourth-order valence-electron chi connectivity index (χ4n) is 4.51. The van der Waals surface area contributed by atoms with Crippen molar-refractivity contribution in [3.63, 3.8) is 0 Å². The van der Waals surface area contributed by atoms with Gasteiger partial charge in [-0.1, -0.05) is 0 Å². The Kier molecular flexibility index (Phi) is 6.26. The van der Waals surface area contributed by atoms with Gasteiger partial charge in [0, 0.05) is 35.0 Å². The van der Waals surface area contributed by atoms with E-state index in [9.17, 15) is 13.9 Å². The van der Waals surface area contributed by atoms with Crippen LogP contribution in [0.15, 0.2) is 24.7 Å². The van der Waals surface area contributed by atoms with Gasteiger partial charge in [-0.2, -0.15) is 13.9 Å². The van der Waals surface area contributed by atoms with Crippen molar-refractivity contribution in [1.29, 1.82) is 0 Å². The van der Waals surface area contributed by atoms with Crippen molar-refractivity contribution in [2.75, 3.05) is 25.1 Å². The van der Waals surface area contributed by atoms with E-state index in [-0.39, 0.29) is 30.7 Å². The number of hydrogen-bond acceptors (Lipinski definition) is 7. The van der Waals surface area contributed by atoms with Crippen LogP contribution in [-0.4, -0.2) is 68.1 Å². The first-order chi connectivity index (χ1) is 16.0. The highest BCUT2D eigenvalue weighted by molar-refractivity contribution is 5.81. The molecule has 0 unspecified atom stereocenters. The molecule has 2 N–H and O–H groups in total. The van der Waals surface area contributed by atoms with E-state index in [4.69, 9.17) is 9.84 Å². The summed E-state index contributed by atoms with van der Waals surface area (Å²) < 4.78 is 38.2. The van der Waals surface area contributed by atoms with E-state index in [2.05, 4.69) is 26.2 Å². The third-order valence-corrected chi connectivity index (χ3v) is 6.41. The van der Waals surface area contributed by atoms with Crippen LogP contribution in [0.3, 0.4) is 0 Å². The second-order valence-corrected chi connectivity index (χ2v) is 8.91. The number of nitrogens with zero attached hydrogens (tertiary/aromatic N) is 5. The van der Waals surface area contributed by atoms with Crippen molar-refractivity contribution in [3.8, 4) is 11.1 Å². The second kappa shape index (κ2) is 9.32. The number of nitrogens with one attached hydrogen (secondary N) is 1. The maximum absolute atomic E-state index is 12.4. The minimum Gasteiger partial charge on any atom is -0.393 e. The SMILES string of the molecule is C[C@@H](COC(F)F)Nc1ncc2c(-c3cnn(C4COC4)c3)cc([C@H]3CC[C@H](O)CC3)n2n1. The molecule has 1 saturated carbocycles. The van der Waals surface area contributed by atoms with Crippen LogP contribution >= 0.6 is 0 Å². The third kappa shape index (κ3) is 4.71. The fourth-order valence-corrected chi connectivity index (χ4v) is 4.51. The van der Waals surface area contributed by atoms with Crippen molar-refractivity contribution >= 4 is 11.5 Å². The van der Waals surface area contributed by atoms with E-state index in [0.717, 1.165) is 48.0 Å². The van der Waals surface area contributed by atoms with Crippen molar-refractivity contribution in [1.82, 2.24) is 24.4 Å². The highest BCUT2D eigenvalue weighted by Crippen LogP contribution is 2.37. The smallest absolute Gasteiger partial charge is 0.345 e. The van der Waals surface area contributed by atoms with Gasteiger partial charge in [-0.25, -0.2) is 9.50 Å². The van der Waals surface area contributed by atoms with Crippen molar-refractivity contribution in [3.05, 3.63) is 30.4 Å². The van der Waals surface area contributed by atoms with E-state index in [1.165, 1.54) is 0 Å². The largest absolute Gasteiger partial charge is 0.393 e. The first-order valence-corrected chi connectivity index (χ1v) is 11.3. The molecule has 5 rings (SSSR count). The first kappa shape index (κ1) is 22.2. The number of rotatable bonds is 8. The molecule has 1 aliphatic heterocycles. The second-order valence-electron chi connectivity index (χ2n) is 8.91. The summed E-state index contributed by atoms with van der Waals surface area (Å²) in [7, 11) is 0. The summed E-state index contributed by atoms with van der Waals surface area (Å²) in [6.45, 7) is 0.0924. The molecule has 2 aliphatic rings. The van der Waals surface area contributed by atoms with Crippen LogP contribution in [0.1, 0.15) is 50.3 Å². The molecule has 33 heavy (non-hydrogen) atoms. The number of aliphatic hydroxyl groups excluding tert-OH is 1. The number of aromatic nitrogens is 5.